The number of anilines is 1. The van der Waals surface area contributed by atoms with Crippen molar-refractivity contribution in [3.8, 4) is 28.4 Å². The number of carbonyl (C=O) groups excluding carboxylic acids is 1. The summed E-state index contributed by atoms with van der Waals surface area (Å²) in [6.45, 7) is 12.5. The Hall–Kier alpha value is -2.73. The average Bonchev–Trinajstić information content (AvgIpc) is 3.06. The molecule has 2 aromatic rings. The summed E-state index contributed by atoms with van der Waals surface area (Å²) in [5.41, 5.74) is 9.23. The molecule has 2 aromatic carbocycles. The minimum absolute atomic E-state index is 0.116. The van der Waals surface area contributed by atoms with Crippen molar-refractivity contribution >= 4 is 11.5 Å². The van der Waals surface area contributed by atoms with Gasteiger partial charge in [0.1, 0.15) is 23.9 Å². The van der Waals surface area contributed by atoms with Gasteiger partial charge in [0, 0.05) is 29.3 Å². The molecule has 162 valence electrons. The summed E-state index contributed by atoms with van der Waals surface area (Å²) >= 11 is 0. The van der Waals surface area contributed by atoms with Crippen LogP contribution in [0.3, 0.4) is 0 Å². The van der Waals surface area contributed by atoms with Gasteiger partial charge < -0.3 is 24.8 Å². The van der Waals surface area contributed by atoms with Gasteiger partial charge in [-0.3, -0.25) is 4.79 Å². The van der Waals surface area contributed by atoms with Crippen molar-refractivity contribution in [3.05, 3.63) is 35.4 Å². The molecule has 30 heavy (non-hydrogen) atoms. The van der Waals surface area contributed by atoms with E-state index in [0.29, 0.717) is 59.4 Å². The van der Waals surface area contributed by atoms with Crippen molar-refractivity contribution in [2.24, 2.45) is 0 Å². The molecule has 0 spiro atoms. The summed E-state index contributed by atoms with van der Waals surface area (Å²) in [4.78, 5) is 15.6. The van der Waals surface area contributed by atoms with E-state index < -0.39 is 0 Å². The minimum Gasteiger partial charge on any atom is -0.493 e. The molecule has 1 aliphatic carbocycles. The highest BCUT2D eigenvalue weighted by atomic mass is 16.5. The molecule has 0 atom stereocenters. The quantitative estimate of drug-likeness (QED) is 0.471. The number of carbonyl (C=O) groups is 1. The molecular formula is C24H32N2O4. The van der Waals surface area contributed by atoms with Crippen LogP contribution < -0.4 is 19.9 Å². The summed E-state index contributed by atoms with van der Waals surface area (Å²) in [7, 11) is 0. The zero-order valence-electron chi connectivity index (χ0n) is 18.4. The molecular weight excluding hydrogens is 380 g/mol. The number of hydrogen-bond acceptors (Lipinski definition) is 6. The van der Waals surface area contributed by atoms with Gasteiger partial charge in [-0.15, -0.1) is 0 Å². The first kappa shape index (κ1) is 22.0. The predicted molar refractivity (Wildman–Crippen MR) is 120 cm³/mol. The second-order valence-corrected chi connectivity index (χ2v) is 7.20. The van der Waals surface area contributed by atoms with Crippen LogP contribution in [0.25, 0.3) is 11.1 Å². The largest absolute Gasteiger partial charge is 0.493 e. The van der Waals surface area contributed by atoms with Crippen molar-refractivity contribution in [2.75, 3.05) is 45.2 Å². The maximum Gasteiger partial charge on any atom is 0.196 e. The Morgan fingerprint density at radius 3 is 2.27 bits per heavy atom. The molecule has 6 heteroatoms. The number of rotatable bonds is 11. The zero-order valence-corrected chi connectivity index (χ0v) is 18.4. The van der Waals surface area contributed by atoms with Gasteiger partial charge in [-0.2, -0.15) is 0 Å². The molecule has 3 rings (SSSR count). The van der Waals surface area contributed by atoms with Crippen LogP contribution in [0.5, 0.6) is 17.2 Å². The number of benzene rings is 2. The normalized spacial score (nSPS) is 12.1. The summed E-state index contributed by atoms with van der Waals surface area (Å²) in [5.74, 6) is 1.65. The summed E-state index contributed by atoms with van der Waals surface area (Å²) in [6.07, 6.45) is 0.853. The highest BCUT2D eigenvalue weighted by Gasteiger charge is 2.36. The van der Waals surface area contributed by atoms with E-state index in [4.69, 9.17) is 19.9 Å². The molecule has 0 saturated heterocycles. The summed E-state index contributed by atoms with van der Waals surface area (Å²) in [6, 6.07) is 7.36. The van der Waals surface area contributed by atoms with Crippen molar-refractivity contribution < 1.29 is 19.0 Å². The predicted octanol–water partition coefficient (Wildman–Crippen LogP) is 4.39. The van der Waals surface area contributed by atoms with Crippen LogP contribution in [0, 0.1) is 0 Å². The molecule has 6 nitrogen and oxygen atoms in total. The Kier molecular flexibility index (Phi) is 7.21. The summed E-state index contributed by atoms with van der Waals surface area (Å²) in [5, 5.41) is 0. The Bertz CT molecular complexity index is 907. The lowest BCUT2D eigenvalue weighted by Crippen LogP contribution is -2.28. The van der Waals surface area contributed by atoms with E-state index in [9.17, 15) is 4.79 Å². The fraction of sp³-hybridized carbons (Fsp3) is 0.458. The van der Waals surface area contributed by atoms with E-state index in [2.05, 4.69) is 18.7 Å². The molecule has 0 aromatic heterocycles. The molecule has 0 bridgehead atoms. The SMILES string of the molecule is CCCOc1cc(OCC)c(N)c2c1-c1c(OCCN(CC)CC)cccc1C2=O. The second-order valence-electron chi connectivity index (χ2n) is 7.20. The van der Waals surface area contributed by atoms with Gasteiger partial charge in [0.05, 0.1) is 24.5 Å². The maximum atomic E-state index is 13.3. The maximum absolute atomic E-state index is 13.3. The van der Waals surface area contributed by atoms with Crippen molar-refractivity contribution in [3.63, 3.8) is 0 Å². The standard InChI is InChI=1S/C24H32N2O4/c1-5-13-29-18-15-19(28-8-4)23(25)22-21(18)20-16(24(22)27)10-9-11-17(20)30-14-12-26(6-2)7-3/h9-11,15H,5-8,12-14,25H2,1-4H3. The van der Waals surface area contributed by atoms with Crippen LogP contribution in [-0.4, -0.2) is 50.1 Å². The van der Waals surface area contributed by atoms with E-state index in [-0.39, 0.29) is 5.78 Å². The van der Waals surface area contributed by atoms with Gasteiger partial charge in [0.2, 0.25) is 0 Å². The zero-order chi connectivity index (χ0) is 21.7. The van der Waals surface area contributed by atoms with Gasteiger partial charge in [-0.1, -0.05) is 32.9 Å². The van der Waals surface area contributed by atoms with E-state index >= 15 is 0 Å². The molecule has 0 saturated carbocycles. The van der Waals surface area contributed by atoms with Gasteiger partial charge in [-0.05, 0) is 32.5 Å². The van der Waals surface area contributed by atoms with Crippen LogP contribution >= 0.6 is 0 Å². The molecule has 0 unspecified atom stereocenters. The third-order valence-electron chi connectivity index (χ3n) is 5.36. The Morgan fingerprint density at radius 2 is 1.60 bits per heavy atom. The molecule has 0 fully saturated rings. The molecule has 0 amide bonds. The van der Waals surface area contributed by atoms with Gasteiger partial charge in [0.25, 0.3) is 0 Å². The topological polar surface area (TPSA) is 74.0 Å². The van der Waals surface area contributed by atoms with Gasteiger partial charge in [0.15, 0.2) is 5.78 Å². The molecule has 2 N–H and O–H groups in total. The van der Waals surface area contributed by atoms with Crippen LogP contribution in [0.1, 0.15) is 50.0 Å². The number of fused-ring (bicyclic) bond motifs is 3. The first-order valence-corrected chi connectivity index (χ1v) is 10.8. The average molecular weight is 413 g/mol. The molecule has 0 heterocycles. The Morgan fingerprint density at radius 1 is 0.867 bits per heavy atom. The third kappa shape index (κ3) is 4.10. The Balaban J connectivity index is 2.06. The highest BCUT2D eigenvalue weighted by molar-refractivity contribution is 6.26. The van der Waals surface area contributed by atoms with E-state index in [1.807, 2.05) is 32.0 Å². The van der Waals surface area contributed by atoms with Crippen LogP contribution in [0.4, 0.5) is 5.69 Å². The van der Waals surface area contributed by atoms with E-state index in [1.165, 1.54) is 0 Å². The lowest BCUT2D eigenvalue weighted by molar-refractivity contribution is 0.104. The summed E-state index contributed by atoms with van der Waals surface area (Å²) < 4.78 is 17.9. The lowest BCUT2D eigenvalue weighted by Gasteiger charge is -2.20. The third-order valence-corrected chi connectivity index (χ3v) is 5.36. The number of nitrogens with two attached hydrogens (primary N) is 1. The second kappa shape index (κ2) is 9.85. The molecule has 1 aliphatic rings. The minimum atomic E-state index is -0.116. The number of likely N-dealkylation sites (N-methyl/N-ethyl adjacent to an activating group) is 1. The highest BCUT2D eigenvalue weighted by Crippen LogP contribution is 2.51. The van der Waals surface area contributed by atoms with Crippen molar-refractivity contribution in [1.82, 2.24) is 4.90 Å². The van der Waals surface area contributed by atoms with Crippen LogP contribution in [0.15, 0.2) is 24.3 Å². The fourth-order valence-electron chi connectivity index (χ4n) is 3.79. The first-order chi connectivity index (χ1) is 14.6. The first-order valence-electron chi connectivity index (χ1n) is 10.8. The number of nitrogens with zero attached hydrogens (tertiary/aromatic N) is 1. The van der Waals surface area contributed by atoms with Crippen LogP contribution in [-0.2, 0) is 0 Å². The smallest absolute Gasteiger partial charge is 0.196 e. The fourth-order valence-corrected chi connectivity index (χ4v) is 3.79. The van der Waals surface area contributed by atoms with E-state index in [1.54, 1.807) is 6.07 Å². The van der Waals surface area contributed by atoms with Crippen molar-refractivity contribution in [1.29, 1.82) is 0 Å². The van der Waals surface area contributed by atoms with Crippen LogP contribution in [0.2, 0.25) is 0 Å². The number of ketones is 1. The van der Waals surface area contributed by atoms with Gasteiger partial charge in [-0.25, -0.2) is 0 Å². The number of nitrogen functional groups attached to an aromatic ring is 1. The number of hydrogen-bond donors (Lipinski definition) is 1. The monoisotopic (exact) mass is 412 g/mol. The lowest BCUT2D eigenvalue weighted by atomic mass is 10.0. The van der Waals surface area contributed by atoms with Gasteiger partial charge >= 0.3 is 0 Å². The molecule has 0 aliphatic heterocycles. The van der Waals surface area contributed by atoms with E-state index in [0.717, 1.165) is 31.6 Å². The molecule has 0 radical (unpaired) electrons. The van der Waals surface area contributed by atoms with Crippen molar-refractivity contribution in [2.45, 2.75) is 34.1 Å². The number of ether oxygens (including phenoxy) is 3. The Labute approximate surface area is 178 Å².